The van der Waals surface area contributed by atoms with Crippen LogP contribution in [-0.2, 0) is 68.9 Å². The second-order valence-corrected chi connectivity index (χ2v) is 21.6. The maximum Gasteiger partial charge on any atom is 0.390 e. The van der Waals surface area contributed by atoms with Crippen LogP contribution in [0.2, 0.25) is 0 Å². The lowest BCUT2D eigenvalue weighted by Gasteiger charge is -2.42. The Kier molecular flexibility index (Phi) is 19.0. The summed E-state index contributed by atoms with van der Waals surface area (Å²) >= 11 is 0. The van der Waals surface area contributed by atoms with Crippen molar-refractivity contribution in [2.24, 2.45) is 0 Å². The largest absolute Gasteiger partial charge is 0.390 e. The molecule has 4 aromatic rings. The van der Waals surface area contributed by atoms with Crippen LogP contribution in [0.3, 0.4) is 0 Å². The molecule has 0 radical (unpaired) electrons. The molecule has 6 rings (SSSR count). The molecule has 2 aliphatic heterocycles. The van der Waals surface area contributed by atoms with Crippen LogP contribution in [0.5, 0.6) is 0 Å². The Balaban J connectivity index is 1.16. The first-order valence-electron chi connectivity index (χ1n) is 26.5. The summed E-state index contributed by atoms with van der Waals surface area (Å²) in [5.74, 6) is 2.07. The first kappa shape index (κ1) is 55.4. The average Bonchev–Trinajstić information content (AvgIpc) is 3.34. The van der Waals surface area contributed by atoms with Crippen molar-refractivity contribution < 1.29 is 28.6 Å². The zero-order chi connectivity index (χ0) is 52.1. The van der Waals surface area contributed by atoms with Gasteiger partial charge in [-0.15, -0.1) is 9.29 Å². The molecule has 0 aliphatic carbocycles. The van der Waals surface area contributed by atoms with Crippen molar-refractivity contribution in [3.63, 3.8) is 0 Å². The van der Waals surface area contributed by atoms with Gasteiger partial charge in [0.15, 0.2) is 0 Å². The van der Waals surface area contributed by atoms with E-state index in [4.69, 9.17) is 29.6 Å². The third kappa shape index (κ3) is 15.3. The van der Waals surface area contributed by atoms with Gasteiger partial charge in [0.05, 0.1) is 26.2 Å². The third-order valence-corrected chi connectivity index (χ3v) is 13.6. The fraction of sp³-hybridized carbons (Fsp3) is 0.630. The van der Waals surface area contributed by atoms with E-state index in [9.17, 15) is 19.2 Å². The molecular formula is C54H82N12O6+2. The number of rotatable bonds is 22. The maximum absolute atomic E-state index is 13.9. The quantitative estimate of drug-likeness (QED) is 0.0479. The van der Waals surface area contributed by atoms with Crippen molar-refractivity contribution >= 4 is 23.6 Å². The predicted molar refractivity (Wildman–Crippen MR) is 279 cm³/mol. The molecule has 72 heavy (non-hydrogen) atoms. The highest BCUT2D eigenvalue weighted by Crippen LogP contribution is 2.28. The maximum atomic E-state index is 13.9. The smallest absolute Gasteiger partial charge is 0.345 e. The van der Waals surface area contributed by atoms with Crippen LogP contribution in [0.15, 0.2) is 58.4 Å². The second-order valence-electron chi connectivity index (χ2n) is 21.6. The first-order valence-corrected chi connectivity index (χ1v) is 26.5. The number of carbonyl (C=O) groups is 2. The van der Waals surface area contributed by atoms with Gasteiger partial charge in [0.25, 0.3) is 0 Å². The highest BCUT2D eigenvalue weighted by Gasteiger charge is 2.40. The number of carbonyl (C=O) groups excluding carboxylic acids is 2. The Hall–Kier alpha value is -5.88. The summed E-state index contributed by atoms with van der Waals surface area (Å²) in [7, 11) is 0. The molecule has 2 saturated heterocycles. The van der Waals surface area contributed by atoms with Crippen molar-refractivity contribution in [1.82, 2.24) is 39.0 Å². The van der Waals surface area contributed by atoms with Crippen LogP contribution in [0.25, 0.3) is 0 Å². The molecule has 0 spiro atoms. The van der Waals surface area contributed by atoms with E-state index < -0.39 is 11.9 Å². The molecule has 0 amide bonds. The molecule has 6 heterocycles. The van der Waals surface area contributed by atoms with E-state index in [2.05, 4.69) is 87.3 Å². The van der Waals surface area contributed by atoms with Gasteiger partial charge in [0, 0.05) is 96.2 Å². The monoisotopic (exact) mass is 995 g/mol. The first-order chi connectivity index (χ1) is 34.3. The van der Waals surface area contributed by atoms with Gasteiger partial charge in [-0.3, -0.25) is 18.8 Å². The van der Waals surface area contributed by atoms with Gasteiger partial charge in [0.2, 0.25) is 0 Å². The molecule has 18 nitrogen and oxygen atoms in total. The normalized spacial score (nSPS) is 16.0. The van der Waals surface area contributed by atoms with Crippen LogP contribution < -0.4 is 21.2 Å². The zero-order valence-corrected chi connectivity index (χ0v) is 45.0. The molecule has 2 fully saturated rings. The predicted octanol–water partition coefficient (Wildman–Crippen LogP) is 6.41. The molecule has 18 heteroatoms. The van der Waals surface area contributed by atoms with Crippen molar-refractivity contribution in [3.05, 3.63) is 104 Å². The summed E-state index contributed by atoms with van der Waals surface area (Å²) in [6.07, 6.45) is 13.7. The molecule has 2 aliphatic rings. The summed E-state index contributed by atoms with van der Waals surface area (Å²) < 4.78 is 3.37. The van der Waals surface area contributed by atoms with E-state index in [1.54, 1.807) is 21.5 Å². The van der Waals surface area contributed by atoms with Crippen LogP contribution >= 0.6 is 0 Å². The lowest BCUT2D eigenvalue weighted by atomic mass is 9.95. The minimum absolute atomic E-state index is 0.0607. The highest BCUT2D eigenvalue weighted by molar-refractivity contribution is 5.91. The number of hydrogen-bond donors (Lipinski definition) is 0. The van der Waals surface area contributed by atoms with E-state index >= 15 is 0 Å². The Morgan fingerprint density at radius 2 is 0.931 bits per heavy atom. The van der Waals surface area contributed by atoms with Crippen LogP contribution in [-0.4, -0.2) is 126 Å². The van der Waals surface area contributed by atoms with Gasteiger partial charge in [-0.1, -0.05) is 82.1 Å². The number of hydroxylamine groups is 6. The molecule has 392 valence electrons. The van der Waals surface area contributed by atoms with E-state index in [0.29, 0.717) is 117 Å². The van der Waals surface area contributed by atoms with E-state index in [1.165, 1.54) is 12.2 Å². The number of piperazine rings is 2. The lowest BCUT2D eigenvalue weighted by molar-refractivity contribution is -1.09. The SMILES string of the molecule is CCCc1cc(N2CC[N+](CCCCn3ccc(CC)nc3=O)(OC(=O)/C=C/C(=O)O[N+]3(CCCCn4ccc(CC)nc4=O)CCN(c4cc(CCC)nc(C(C)(C)C)n4)CC3)CC2)nc(C(C)(C)C)n1. The fourth-order valence-corrected chi connectivity index (χ4v) is 9.17. The summed E-state index contributed by atoms with van der Waals surface area (Å²) in [5, 5.41) is 0. The number of aryl methyl sites for hydroxylation is 6. The number of aromatic nitrogens is 8. The van der Waals surface area contributed by atoms with Gasteiger partial charge < -0.3 is 9.80 Å². The number of hydrogen-bond acceptors (Lipinski definition) is 14. The summed E-state index contributed by atoms with van der Waals surface area (Å²) in [5.41, 5.74) is 2.56. The number of anilines is 2. The topological polar surface area (TPSA) is 180 Å². The number of quaternary nitrogens is 2. The summed E-state index contributed by atoms with van der Waals surface area (Å²) in [6, 6.07) is 7.91. The van der Waals surface area contributed by atoms with Crippen LogP contribution in [0.4, 0.5) is 11.6 Å². The molecule has 0 unspecified atom stereocenters. The van der Waals surface area contributed by atoms with Crippen molar-refractivity contribution in [3.8, 4) is 0 Å². The molecule has 4 aromatic heterocycles. The van der Waals surface area contributed by atoms with Crippen molar-refractivity contribution in [1.29, 1.82) is 0 Å². The van der Waals surface area contributed by atoms with Crippen LogP contribution in [0.1, 0.15) is 142 Å². The third-order valence-electron chi connectivity index (χ3n) is 13.6. The second kappa shape index (κ2) is 24.7. The van der Waals surface area contributed by atoms with Gasteiger partial charge in [-0.25, -0.2) is 39.1 Å². The molecule has 0 saturated carbocycles. The Morgan fingerprint density at radius 3 is 1.25 bits per heavy atom. The number of nitrogens with zero attached hydrogens (tertiary/aromatic N) is 12. The summed E-state index contributed by atoms with van der Waals surface area (Å²) in [4.78, 5) is 98.5. The van der Waals surface area contributed by atoms with Crippen molar-refractivity contribution in [2.45, 2.75) is 157 Å². The van der Waals surface area contributed by atoms with Gasteiger partial charge in [0.1, 0.15) is 62.6 Å². The fourth-order valence-electron chi connectivity index (χ4n) is 9.17. The summed E-state index contributed by atoms with van der Waals surface area (Å²) in [6.45, 7) is 27.4. The molecular weight excluding hydrogens is 913 g/mol. The molecule has 0 atom stereocenters. The standard InChI is InChI=1S/C54H82N12O6/c1-11-19-43-39-45(59-49(55-43)53(5,6)7)61-29-35-65(36-30-61,33-17-15-25-63-27-23-41(13-3)57-51(63)69)71-47(67)21-22-48(68)72-66(34-18-16-26-64-28-24-42(14-4)58-52(64)70)37-31-62(32-38-66)46-40-44(20-12-2)56-50(60-46)54(8,9)10/h21-24,27-28,39-40H,11-20,25-26,29-38H2,1-10H3/q+2/b22-21+. The molecule has 0 bridgehead atoms. The molecule has 0 aromatic carbocycles. The van der Waals surface area contributed by atoms with Gasteiger partial charge in [-0.2, -0.15) is 9.97 Å². The van der Waals surface area contributed by atoms with Crippen LogP contribution in [0, 0.1) is 0 Å². The minimum atomic E-state index is -0.635. The highest BCUT2D eigenvalue weighted by atomic mass is 16.8. The Labute approximate surface area is 426 Å². The zero-order valence-electron chi connectivity index (χ0n) is 45.0. The van der Waals surface area contributed by atoms with Gasteiger partial charge in [-0.05, 0) is 50.7 Å². The van der Waals surface area contributed by atoms with E-state index in [1.807, 2.05) is 26.0 Å². The lowest BCUT2D eigenvalue weighted by Crippen LogP contribution is -2.61. The van der Waals surface area contributed by atoms with E-state index in [-0.39, 0.29) is 31.5 Å². The Morgan fingerprint density at radius 1 is 0.556 bits per heavy atom. The average molecular weight is 995 g/mol. The van der Waals surface area contributed by atoms with Gasteiger partial charge >= 0.3 is 23.3 Å². The molecule has 0 N–H and O–H groups in total. The van der Waals surface area contributed by atoms with E-state index in [0.717, 1.165) is 71.7 Å². The Bertz CT molecular complexity index is 2420. The number of unbranched alkanes of at least 4 members (excludes halogenated alkanes) is 2. The minimum Gasteiger partial charge on any atom is -0.345 e. The van der Waals surface area contributed by atoms with Crippen molar-refractivity contribution in [2.75, 3.05) is 75.2 Å².